The van der Waals surface area contributed by atoms with Crippen LogP contribution in [0.3, 0.4) is 0 Å². The summed E-state index contributed by atoms with van der Waals surface area (Å²) in [6, 6.07) is 7.91. The second kappa shape index (κ2) is 9.51. The number of likely N-dealkylation sites (tertiary alicyclic amines) is 1. The molecule has 0 aliphatic carbocycles. The Morgan fingerprint density at radius 2 is 1.89 bits per heavy atom. The highest BCUT2D eigenvalue weighted by Gasteiger charge is 2.22. The molecule has 2 saturated heterocycles. The maximum atomic E-state index is 11.8. The van der Waals surface area contributed by atoms with Crippen LogP contribution in [0.5, 0.6) is 0 Å². The Morgan fingerprint density at radius 1 is 1.19 bits per heavy atom. The fraction of sp³-hybridized carbons (Fsp3) is 0.619. The summed E-state index contributed by atoms with van der Waals surface area (Å²) in [6.07, 6.45) is 4.05. The minimum Gasteiger partial charge on any atom is -0.362 e. The van der Waals surface area contributed by atoms with E-state index in [1.807, 2.05) is 29.2 Å². The van der Waals surface area contributed by atoms with Crippen molar-refractivity contribution < 1.29 is 4.79 Å². The van der Waals surface area contributed by atoms with Gasteiger partial charge >= 0.3 is 0 Å². The first-order chi connectivity index (χ1) is 13.0. The molecule has 2 N–H and O–H groups in total. The zero-order chi connectivity index (χ0) is 19.2. The average molecular weight is 389 g/mol. The minimum absolute atomic E-state index is 0.213. The van der Waals surface area contributed by atoms with Crippen LogP contribution >= 0.6 is 12.2 Å². The van der Waals surface area contributed by atoms with Crippen molar-refractivity contribution in [2.75, 3.05) is 42.9 Å². The van der Waals surface area contributed by atoms with Crippen LogP contribution in [0.2, 0.25) is 0 Å². The van der Waals surface area contributed by atoms with Crippen molar-refractivity contribution in [3.63, 3.8) is 0 Å². The quantitative estimate of drug-likeness (QED) is 0.577. The monoisotopic (exact) mass is 388 g/mol. The maximum Gasteiger partial charge on any atom is 0.227 e. The molecule has 148 valence electrons. The van der Waals surface area contributed by atoms with E-state index >= 15 is 0 Å². The predicted molar refractivity (Wildman–Crippen MR) is 116 cm³/mol. The molecule has 0 saturated carbocycles. The second-order valence-corrected chi connectivity index (χ2v) is 8.54. The van der Waals surface area contributed by atoms with E-state index in [0.29, 0.717) is 11.5 Å². The average Bonchev–Trinajstić information content (AvgIpc) is 3.05. The van der Waals surface area contributed by atoms with Crippen molar-refractivity contribution in [1.29, 1.82) is 0 Å². The SMILES string of the molecule is CC1CC(C)CN(CCCNC(=S)Nc2ccc(N3CCCC3=O)cc2)C1. The van der Waals surface area contributed by atoms with Gasteiger partial charge in [0.05, 0.1) is 0 Å². The van der Waals surface area contributed by atoms with Crippen molar-refractivity contribution in [3.8, 4) is 0 Å². The summed E-state index contributed by atoms with van der Waals surface area (Å²) in [6.45, 7) is 9.97. The highest BCUT2D eigenvalue weighted by molar-refractivity contribution is 7.80. The Balaban J connectivity index is 1.36. The van der Waals surface area contributed by atoms with Gasteiger partial charge in [0.1, 0.15) is 0 Å². The van der Waals surface area contributed by atoms with Gasteiger partial charge in [-0.15, -0.1) is 0 Å². The minimum atomic E-state index is 0.213. The van der Waals surface area contributed by atoms with Gasteiger partial charge in [0.15, 0.2) is 5.11 Å². The largest absolute Gasteiger partial charge is 0.362 e. The van der Waals surface area contributed by atoms with Gasteiger partial charge in [0, 0.05) is 44.0 Å². The zero-order valence-corrected chi connectivity index (χ0v) is 17.4. The van der Waals surface area contributed by atoms with Gasteiger partial charge in [-0.25, -0.2) is 0 Å². The van der Waals surface area contributed by atoms with Crippen molar-refractivity contribution in [3.05, 3.63) is 24.3 Å². The molecule has 2 aliphatic heterocycles. The lowest BCUT2D eigenvalue weighted by Crippen LogP contribution is -2.40. The summed E-state index contributed by atoms with van der Waals surface area (Å²) < 4.78 is 0. The van der Waals surface area contributed by atoms with Crippen LogP contribution in [-0.2, 0) is 4.79 Å². The summed E-state index contributed by atoms with van der Waals surface area (Å²) in [5.74, 6) is 1.83. The van der Waals surface area contributed by atoms with Gasteiger partial charge in [0.25, 0.3) is 0 Å². The molecular formula is C21H32N4OS. The molecule has 0 bridgehead atoms. The lowest BCUT2D eigenvalue weighted by Gasteiger charge is -2.35. The van der Waals surface area contributed by atoms with E-state index in [4.69, 9.17) is 12.2 Å². The van der Waals surface area contributed by atoms with Crippen LogP contribution in [0.25, 0.3) is 0 Å². The summed E-state index contributed by atoms with van der Waals surface area (Å²) in [4.78, 5) is 16.2. The standard InChI is InChI=1S/C21H32N4OS/c1-16-13-17(2)15-24(14-16)11-4-10-22-21(27)23-18-6-8-19(9-7-18)25-12-3-5-20(25)26/h6-9,16-17H,3-5,10-15H2,1-2H3,(H2,22,23,27). The Bertz CT molecular complexity index is 638. The van der Waals surface area contributed by atoms with E-state index in [1.54, 1.807) is 0 Å². The number of carbonyl (C=O) groups is 1. The molecule has 1 aromatic carbocycles. The predicted octanol–water partition coefficient (Wildman–Crippen LogP) is 3.47. The van der Waals surface area contributed by atoms with Crippen LogP contribution in [0.15, 0.2) is 24.3 Å². The third-order valence-electron chi connectivity index (χ3n) is 5.39. The number of hydrogen-bond donors (Lipinski definition) is 2. The number of thiocarbonyl (C=S) groups is 1. The molecule has 6 heteroatoms. The fourth-order valence-corrected chi connectivity index (χ4v) is 4.52. The third kappa shape index (κ3) is 5.91. The number of hydrogen-bond acceptors (Lipinski definition) is 3. The van der Waals surface area contributed by atoms with Gasteiger partial charge in [0.2, 0.25) is 5.91 Å². The number of nitrogens with zero attached hydrogens (tertiary/aromatic N) is 2. The number of piperidine rings is 1. The van der Waals surface area contributed by atoms with Crippen molar-refractivity contribution >= 4 is 34.6 Å². The summed E-state index contributed by atoms with van der Waals surface area (Å²) in [5.41, 5.74) is 1.91. The Morgan fingerprint density at radius 3 is 2.52 bits per heavy atom. The normalized spacial score (nSPS) is 23.5. The molecule has 0 spiro atoms. The Labute approximate surface area is 168 Å². The summed E-state index contributed by atoms with van der Waals surface area (Å²) >= 11 is 5.40. The van der Waals surface area contributed by atoms with E-state index in [2.05, 4.69) is 29.4 Å². The maximum absolute atomic E-state index is 11.8. The molecule has 1 amide bonds. The second-order valence-electron chi connectivity index (χ2n) is 8.14. The van der Waals surface area contributed by atoms with E-state index in [9.17, 15) is 4.79 Å². The summed E-state index contributed by atoms with van der Waals surface area (Å²) in [5, 5.41) is 7.18. The zero-order valence-electron chi connectivity index (χ0n) is 16.5. The molecule has 2 fully saturated rings. The molecule has 0 radical (unpaired) electrons. The Hall–Kier alpha value is -1.66. The van der Waals surface area contributed by atoms with E-state index in [0.717, 1.165) is 55.7 Å². The topological polar surface area (TPSA) is 47.6 Å². The number of benzene rings is 1. The first-order valence-electron chi connectivity index (χ1n) is 10.2. The first kappa shape index (κ1) is 20.1. The smallest absolute Gasteiger partial charge is 0.227 e. The number of rotatable bonds is 6. The van der Waals surface area contributed by atoms with E-state index in [-0.39, 0.29) is 5.91 Å². The number of nitrogens with one attached hydrogen (secondary N) is 2. The molecule has 2 heterocycles. The van der Waals surface area contributed by atoms with E-state index < -0.39 is 0 Å². The Kier molecular flexibility index (Phi) is 7.07. The number of carbonyl (C=O) groups excluding carboxylic acids is 1. The van der Waals surface area contributed by atoms with E-state index in [1.165, 1.54) is 19.5 Å². The number of amides is 1. The molecule has 27 heavy (non-hydrogen) atoms. The molecule has 3 rings (SSSR count). The molecule has 0 aromatic heterocycles. The van der Waals surface area contributed by atoms with Gasteiger partial charge < -0.3 is 20.4 Å². The molecule has 1 aromatic rings. The van der Waals surface area contributed by atoms with Crippen LogP contribution in [0, 0.1) is 11.8 Å². The highest BCUT2D eigenvalue weighted by Crippen LogP contribution is 2.23. The lowest BCUT2D eigenvalue weighted by molar-refractivity contribution is -0.117. The molecule has 2 atom stereocenters. The number of anilines is 2. The van der Waals surface area contributed by atoms with Gasteiger partial charge in [-0.1, -0.05) is 13.8 Å². The van der Waals surface area contributed by atoms with Gasteiger partial charge in [-0.05, 0) is 74.1 Å². The van der Waals surface area contributed by atoms with Crippen LogP contribution < -0.4 is 15.5 Å². The summed E-state index contributed by atoms with van der Waals surface area (Å²) in [7, 11) is 0. The van der Waals surface area contributed by atoms with Gasteiger partial charge in [-0.3, -0.25) is 4.79 Å². The lowest BCUT2D eigenvalue weighted by atomic mass is 9.92. The molecular weight excluding hydrogens is 356 g/mol. The van der Waals surface area contributed by atoms with Gasteiger partial charge in [-0.2, -0.15) is 0 Å². The van der Waals surface area contributed by atoms with Crippen molar-refractivity contribution in [2.24, 2.45) is 11.8 Å². The first-order valence-corrected chi connectivity index (χ1v) is 10.6. The molecule has 2 unspecified atom stereocenters. The van der Waals surface area contributed by atoms with Crippen molar-refractivity contribution in [2.45, 2.75) is 39.5 Å². The van der Waals surface area contributed by atoms with Crippen LogP contribution in [0.4, 0.5) is 11.4 Å². The highest BCUT2D eigenvalue weighted by atomic mass is 32.1. The van der Waals surface area contributed by atoms with Crippen LogP contribution in [0.1, 0.15) is 39.5 Å². The van der Waals surface area contributed by atoms with Crippen LogP contribution in [-0.4, -0.2) is 48.6 Å². The molecule has 5 nitrogen and oxygen atoms in total. The molecule has 2 aliphatic rings. The van der Waals surface area contributed by atoms with Crippen molar-refractivity contribution in [1.82, 2.24) is 10.2 Å². The fourth-order valence-electron chi connectivity index (χ4n) is 4.30. The third-order valence-corrected chi connectivity index (χ3v) is 5.64.